The quantitative estimate of drug-likeness (QED) is 0.515. The number of nitrogens with zero attached hydrogens (tertiary/aromatic N) is 2. The first-order valence-electron chi connectivity index (χ1n) is 12.8. The summed E-state index contributed by atoms with van der Waals surface area (Å²) in [7, 11) is 1.51. The van der Waals surface area contributed by atoms with Gasteiger partial charge in [0.25, 0.3) is 5.91 Å². The average molecular weight is 512 g/mol. The van der Waals surface area contributed by atoms with Gasteiger partial charge in [0, 0.05) is 38.2 Å². The van der Waals surface area contributed by atoms with Gasteiger partial charge in [-0.3, -0.25) is 14.4 Å². The van der Waals surface area contributed by atoms with Crippen molar-refractivity contribution in [1.29, 1.82) is 0 Å². The molecular weight excluding hydrogens is 478 g/mol. The van der Waals surface area contributed by atoms with E-state index in [2.05, 4.69) is 33.0 Å². The second-order valence-electron chi connectivity index (χ2n) is 10.3. The van der Waals surface area contributed by atoms with E-state index in [-0.39, 0.29) is 29.9 Å². The molecule has 5 rings (SSSR count). The summed E-state index contributed by atoms with van der Waals surface area (Å²) in [6, 6.07) is 0.921. The van der Waals surface area contributed by atoms with Crippen LogP contribution in [0.4, 0.5) is 11.5 Å². The summed E-state index contributed by atoms with van der Waals surface area (Å²) in [4.78, 5) is 44.0. The van der Waals surface area contributed by atoms with E-state index in [9.17, 15) is 14.4 Å². The molecule has 37 heavy (non-hydrogen) atoms. The van der Waals surface area contributed by atoms with Crippen LogP contribution in [0.25, 0.3) is 0 Å². The van der Waals surface area contributed by atoms with Crippen molar-refractivity contribution in [2.24, 2.45) is 11.8 Å². The maximum absolute atomic E-state index is 13.5. The molecule has 2 fully saturated rings. The van der Waals surface area contributed by atoms with Crippen LogP contribution in [0.3, 0.4) is 0 Å². The van der Waals surface area contributed by atoms with Gasteiger partial charge in [-0.05, 0) is 37.5 Å². The van der Waals surface area contributed by atoms with Gasteiger partial charge in [-0.15, -0.1) is 0 Å². The fourth-order valence-corrected chi connectivity index (χ4v) is 5.71. The van der Waals surface area contributed by atoms with Crippen LogP contribution in [0.5, 0.6) is 0 Å². The van der Waals surface area contributed by atoms with Gasteiger partial charge in [-0.1, -0.05) is 24.9 Å². The lowest BCUT2D eigenvalue weighted by Gasteiger charge is -2.32. The molecule has 0 bridgehead atoms. The highest BCUT2D eigenvalue weighted by Gasteiger charge is 2.48. The summed E-state index contributed by atoms with van der Waals surface area (Å²) in [6.07, 6.45) is 7.75. The summed E-state index contributed by atoms with van der Waals surface area (Å²) >= 11 is 0. The number of fused-ring (bicyclic) bond motifs is 2. The van der Waals surface area contributed by atoms with Crippen molar-refractivity contribution in [3.63, 3.8) is 0 Å². The minimum absolute atomic E-state index is 0.0227. The van der Waals surface area contributed by atoms with Crippen molar-refractivity contribution < 1.29 is 28.4 Å². The third-order valence-electron chi connectivity index (χ3n) is 7.97. The average Bonchev–Trinajstić information content (AvgIpc) is 3.46. The van der Waals surface area contributed by atoms with E-state index in [1.54, 1.807) is 12.3 Å². The molecule has 11 heteroatoms. The Kier molecular flexibility index (Phi) is 7.25. The third kappa shape index (κ3) is 4.97. The Morgan fingerprint density at radius 1 is 1.24 bits per heavy atom. The summed E-state index contributed by atoms with van der Waals surface area (Å²) in [5, 5.41) is 12.6. The zero-order valence-electron chi connectivity index (χ0n) is 21.2. The van der Waals surface area contributed by atoms with Crippen LogP contribution >= 0.6 is 0 Å². The van der Waals surface area contributed by atoms with Gasteiger partial charge in [0.1, 0.15) is 29.4 Å². The van der Waals surface area contributed by atoms with Gasteiger partial charge in [-0.25, -0.2) is 4.98 Å². The van der Waals surface area contributed by atoms with Crippen LogP contribution in [0.2, 0.25) is 0 Å². The SMILES string of the molecule is COCc1nocc1C(=O)N[C@H](C(=O)Nc1cc2c(cn1)C1(CCOCC1)C(=O)N2)[C@H]1CC[C@H](C)CC1. The second-order valence-corrected chi connectivity index (χ2v) is 10.3. The van der Waals surface area contributed by atoms with Crippen LogP contribution in [0.15, 0.2) is 23.0 Å². The number of ether oxygens (including phenoxy) is 2. The summed E-state index contributed by atoms with van der Waals surface area (Å²) in [6.45, 7) is 3.36. The topological polar surface area (TPSA) is 145 Å². The number of carbonyl (C=O) groups excluding carboxylic acids is 3. The van der Waals surface area contributed by atoms with E-state index >= 15 is 0 Å². The minimum atomic E-state index is -0.767. The summed E-state index contributed by atoms with van der Waals surface area (Å²) < 4.78 is 15.5. The van der Waals surface area contributed by atoms with Crippen LogP contribution in [-0.2, 0) is 31.1 Å². The predicted molar refractivity (Wildman–Crippen MR) is 133 cm³/mol. The Labute approximate surface area is 215 Å². The lowest BCUT2D eigenvalue weighted by molar-refractivity contribution is -0.124. The molecule has 2 aliphatic heterocycles. The molecule has 3 aliphatic rings. The monoisotopic (exact) mass is 511 g/mol. The number of amides is 3. The van der Waals surface area contributed by atoms with Gasteiger partial charge in [0.05, 0.1) is 17.7 Å². The highest BCUT2D eigenvalue weighted by Crippen LogP contribution is 2.44. The largest absolute Gasteiger partial charge is 0.381 e. The highest BCUT2D eigenvalue weighted by atomic mass is 16.5. The molecule has 0 aromatic carbocycles. The maximum atomic E-state index is 13.5. The molecule has 2 aromatic rings. The number of carbonyl (C=O) groups is 3. The molecule has 1 atom stereocenters. The minimum Gasteiger partial charge on any atom is -0.381 e. The summed E-state index contributed by atoms with van der Waals surface area (Å²) in [5.41, 5.74) is 1.47. The third-order valence-corrected chi connectivity index (χ3v) is 7.97. The van der Waals surface area contributed by atoms with Crippen molar-refractivity contribution in [2.75, 3.05) is 31.0 Å². The van der Waals surface area contributed by atoms with Crippen molar-refractivity contribution in [2.45, 2.75) is 63.5 Å². The number of hydrogen-bond acceptors (Lipinski definition) is 8. The smallest absolute Gasteiger partial charge is 0.257 e. The number of hydrogen-bond donors (Lipinski definition) is 3. The first-order valence-corrected chi connectivity index (χ1v) is 12.8. The second kappa shape index (κ2) is 10.6. The Hall–Kier alpha value is -3.31. The van der Waals surface area contributed by atoms with Gasteiger partial charge in [-0.2, -0.15) is 0 Å². The van der Waals surface area contributed by atoms with E-state index in [0.29, 0.717) is 49.2 Å². The maximum Gasteiger partial charge on any atom is 0.257 e. The van der Waals surface area contributed by atoms with Crippen molar-refractivity contribution in [1.82, 2.24) is 15.5 Å². The molecule has 1 aliphatic carbocycles. The standard InChI is InChI=1S/C26H33N5O6/c1-15-3-5-16(6-4-15)22(30-23(32)17-13-37-31-20(17)14-35-2)24(33)29-21-11-19-18(12-27-21)26(25(34)28-19)7-9-36-10-8-26/h11-13,15-16,22H,3-10,14H2,1-2H3,(H,28,34)(H,30,32)(H,27,29,33)/t15-,16-,22-/m0/s1. The van der Waals surface area contributed by atoms with Gasteiger partial charge >= 0.3 is 0 Å². The lowest BCUT2D eigenvalue weighted by Crippen LogP contribution is -2.49. The Bertz CT molecular complexity index is 1170. The number of aromatic nitrogens is 2. The predicted octanol–water partition coefficient (Wildman–Crippen LogP) is 2.78. The first-order chi connectivity index (χ1) is 17.9. The molecule has 3 N–H and O–H groups in total. The van der Waals surface area contributed by atoms with Crippen LogP contribution < -0.4 is 16.0 Å². The molecule has 1 spiro atoms. The first kappa shape index (κ1) is 25.3. The molecule has 2 aromatic heterocycles. The lowest BCUT2D eigenvalue weighted by atomic mass is 9.76. The molecule has 3 amide bonds. The van der Waals surface area contributed by atoms with Crippen LogP contribution in [0.1, 0.15) is 67.1 Å². The normalized spacial score (nSPS) is 23.2. The van der Waals surface area contributed by atoms with E-state index in [4.69, 9.17) is 14.0 Å². The van der Waals surface area contributed by atoms with Gasteiger partial charge in [0.15, 0.2) is 0 Å². The van der Waals surface area contributed by atoms with Gasteiger partial charge < -0.3 is 29.9 Å². The fraction of sp³-hybridized carbons (Fsp3) is 0.577. The molecule has 1 saturated carbocycles. The van der Waals surface area contributed by atoms with E-state index in [0.717, 1.165) is 31.2 Å². The highest BCUT2D eigenvalue weighted by molar-refractivity contribution is 6.07. The zero-order chi connectivity index (χ0) is 26.0. The number of rotatable bonds is 7. The summed E-state index contributed by atoms with van der Waals surface area (Å²) in [5.74, 6) is 0.0322. The Morgan fingerprint density at radius 3 is 2.73 bits per heavy atom. The molecule has 1 saturated heterocycles. The van der Waals surface area contributed by atoms with Gasteiger partial charge in [0.2, 0.25) is 11.8 Å². The van der Waals surface area contributed by atoms with Crippen LogP contribution in [-0.4, -0.2) is 54.2 Å². The van der Waals surface area contributed by atoms with Crippen molar-refractivity contribution in [3.05, 3.63) is 35.3 Å². The molecule has 4 heterocycles. The van der Waals surface area contributed by atoms with E-state index in [1.807, 2.05) is 0 Å². The van der Waals surface area contributed by atoms with Crippen LogP contribution in [0, 0.1) is 11.8 Å². The van der Waals surface area contributed by atoms with E-state index in [1.165, 1.54) is 13.4 Å². The molecule has 0 radical (unpaired) electrons. The Morgan fingerprint density at radius 2 is 2.00 bits per heavy atom. The molecular formula is C26H33N5O6. The zero-order valence-corrected chi connectivity index (χ0v) is 21.2. The number of pyridine rings is 1. The van der Waals surface area contributed by atoms with E-state index < -0.39 is 17.4 Å². The Balaban J connectivity index is 1.35. The fourth-order valence-electron chi connectivity index (χ4n) is 5.71. The number of methoxy groups -OCH3 is 1. The molecule has 0 unspecified atom stereocenters. The van der Waals surface area contributed by atoms with Crippen molar-refractivity contribution >= 4 is 29.2 Å². The molecule has 198 valence electrons. The van der Waals surface area contributed by atoms with Crippen molar-refractivity contribution in [3.8, 4) is 0 Å². The number of nitrogens with one attached hydrogen (secondary N) is 3. The number of anilines is 2. The molecule has 11 nitrogen and oxygen atoms in total.